The minimum Gasteiger partial charge on any atom is -0.441 e. The van der Waals surface area contributed by atoms with Crippen molar-refractivity contribution in [2.24, 2.45) is 0 Å². The number of hydrogen-bond acceptors (Lipinski definition) is 5. The van der Waals surface area contributed by atoms with Crippen LogP contribution in [0.5, 0.6) is 0 Å². The van der Waals surface area contributed by atoms with E-state index in [2.05, 4.69) is 4.98 Å². The van der Waals surface area contributed by atoms with Crippen LogP contribution in [-0.2, 0) is 21.2 Å². The van der Waals surface area contributed by atoms with Crippen LogP contribution in [0.4, 0.5) is 4.39 Å². The van der Waals surface area contributed by atoms with Gasteiger partial charge in [0.05, 0.1) is 11.1 Å². The first-order valence-corrected chi connectivity index (χ1v) is 11.4. The standard InChI is InChI=1S/C22H22FN3O4S/c23-18-6-8-19(9-7-18)31(28,29)26-14-12-25(13-15-26)22(27)11-10-21-24-16-20(30-21)17-4-2-1-3-5-17/h1-9,16H,10-15H2. The Bertz CT molecular complexity index is 1140. The van der Waals surface area contributed by atoms with Crippen LogP contribution in [-0.4, -0.2) is 54.7 Å². The molecular weight excluding hydrogens is 421 g/mol. The monoisotopic (exact) mass is 443 g/mol. The van der Waals surface area contributed by atoms with E-state index in [0.717, 1.165) is 17.7 Å². The van der Waals surface area contributed by atoms with Gasteiger partial charge < -0.3 is 9.32 Å². The molecule has 0 saturated carbocycles. The Hall–Kier alpha value is -3.04. The summed E-state index contributed by atoms with van der Waals surface area (Å²) in [6, 6.07) is 14.4. The zero-order valence-electron chi connectivity index (χ0n) is 16.8. The molecule has 9 heteroatoms. The molecule has 0 bridgehead atoms. The fourth-order valence-electron chi connectivity index (χ4n) is 3.47. The van der Waals surface area contributed by atoms with Gasteiger partial charge in [0.15, 0.2) is 11.7 Å². The summed E-state index contributed by atoms with van der Waals surface area (Å²) in [4.78, 5) is 18.5. The summed E-state index contributed by atoms with van der Waals surface area (Å²) >= 11 is 0. The number of oxazole rings is 1. The normalized spacial score (nSPS) is 15.2. The van der Waals surface area contributed by atoms with E-state index in [4.69, 9.17) is 4.42 Å². The predicted octanol–water partition coefficient (Wildman–Crippen LogP) is 2.95. The lowest BCUT2D eigenvalue weighted by Crippen LogP contribution is -2.50. The van der Waals surface area contributed by atoms with Crippen molar-refractivity contribution < 1.29 is 22.0 Å². The van der Waals surface area contributed by atoms with Gasteiger partial charge >= 0.3 is 0 Å². The molecule has 0 N–H and O–H groups in total. The number of rotatable bonds is 6. The number of hydrogen-bond donors (Lipinski definition) is 0. The molecular formula is C22H22FN3O4S. The van der Waals surface area contributed by atoms with Crippen molar-refractivity contribution in [1.82, 2.24) is 14.2 Å². The molecule has 7 nitrogen and oxygen atoms in total. The molecule has 0 radical (unpaired) electrons. The second-order valence-corrected chi connectivity index (χ2v) is 9.16. The Kier molecular flexibility index (Phi) is 6.15. The fourth-order valence-corrected chi connectivity index (χ4v) is 4.89. The summed E-state index contributed by atoms with van der Waals surface area (Å²) in [6.45, 7) is 1.01. The van der Waals surface area contributed by atoms with Gasteiger partial charge in [-0.15, -0.1) is 0 Å². The van der Waals surface area contributed by atoms with Gasteiger partial charge in [-0.05, 0) is 24.3 Å². The van der Waals surface area contributed by atoms with E-state index in [1.807, 2.05) is 30.3 Å². The fraction of sp³-hybridized carbons (Fsp3) is 0.273. The predicted molar refractivity (Wildman–Crippen MR) is 112 cm³/mol. The lowest BCUT2D eigenvalue weighted by Gasteiger charge is -2.34. The largest absolute Gasteiger partial charge is 0.441 e. The number of aryl methyl sites for hydroxylation is 1. The molecule has 0 aliphatic carbocycles. The summed E-state index contributed by atoms with van der Waals surface area (Å²) in [5.41, 5.74) is 0.922. The van der Waals surface area contributed by atoms with Gasteiger partial charge in [-0.3, -0.25) is 4.79 Å². The van der Waals surface area contributed by atoms with Crippen LogP contribution in [0.3, 0.4) is 0 Å². The molecule has 2 aromatic carbocycles. The van der Waals surface area contributed by atoms with E-state index in [9.17, 15) is 17.6 Å². The van der Waals surface area contributed by atoms with E-state index < -0.39 is 15.8 Å². The zero-order valence-corrected chi connectivity index (χ0v) is 17.6. The molecule has 31 heavy (non-hydrogen) atoms. The number of carbonyl (C=O) groups is 1. The average molecular weight is 444 g/mol. The van der Waals surface area contributed by atoms with Gasteiger partial charge in [0.2, 0.25) is 15.9 Å². The number of carbonyl (C=O) groups excluding carboxylic acids is 1. The van der Waals surface area contributed by atoms with Crippen molar-refractivity contribution in [2.45, 2.75) is 17.7 Å². The highest BCUT2D eigenvalue weighted by Crippen LogP contribution is 2.21. The quantitative estimate of drug-likeness (QED) is 0.585. The molecule has 1 aromatic heterocycles. The summed E-state index contributed by atoms with van der Waals surface area (Å²) in [5.74, 6) is 0.585. The van der Waals surface area contributed by atoms with E-state index in [1.165, 1.54) is 16.4 Å². The molecule has 4 rings (SSSR count). The molecule has 3 aromatic rings. The smallest absolute Gasteiger partial charge is 0.243 e. The lowest BCUT2D eigenvalue weighted by molar-refractivity contribution is -0.132. The van der Waals surface area contributed by atoms with Crippen LogP contribution in [0.25, 0.3) is 11.3 Å². The van der Waals surface area contributed by atoms with Gasteiger partial charge in [-0.1, -0.05) is 30.3 Å². The first-order chi connectivity index (χ1) is 14.9. The second-order valence-electron chi connectivity index (χ2n) is 7.22. The molecule has 1 aliphatic rings. The van der Waals surface area contributed by atoms with Crippen molar-refractivity contribution in [2.75, 3.05) is 26.2 Å². The first-order valence-electron chi connectivity index (χ1n) is 9.97. The van der Waals surface area contributed by atoms with Crippen LogP contribution in [0.2, 0.25) is 0 Å². The summed E-state index contributed by atoms with van der Waals surface area (Å²) in [7, 11) is -3.70. The number of halogens is 1. The van der Waals surface area contributed by atoms with Crippen molar-refractivity contribution >= 4 is 15.9 Å². The van der Waals surface area contributed by atoms with Crippen molar-refractivity contribution in [3.63, 3.8) is 0 Å². The van der Waals surface area contributed by atoms with Gasteiger partial charge in [0.1, 0.15) is 5.82 Å². The molecule has 1 amide bonds. The number of nitrogens with zero attached hydrogens (tertiary/aromatic N) is 3. The Morgan fingerprint density at radius 1 is 1.00 bits per heavy atom. The molecule has 1 saturated heterocycles. The minimum absolute atomic E-state index is 0.0480. The van der Waals surface area contributed by atoms with Crippen molar-refractivity contribution in [3.05, 3.63) is 72.5 Å². The molecule has 1 aliphatic heterocycles. The number of piperazine rings is 1. The third-order valence-electron chi connectivity index (χ3n) is 5.21. The Morgan fingerprint density at radius 2 is 1.68 bits per heavy atom. The third-order valence-corrected chi connectivity index (χ3v) is 7.12. The molecule has 162 valence electrons. The topological polar surface area (TPSA) is 83.7 Å². The zero-order chi connectivity index (χ0) is 21.8. The number of sulfonamides is 1. The van der Waals surface area contributed by atoms with Crippen LogP contribution >= 0.6 is 0 Å². The van der Waals surface area contributed by atoms with Crippen molar-refractivity contribution in [3.8, 4) is 11.3 Å². The molecule has 0 atom stereocenters. The Labute approximate surface area is 180 Å². The maximum absolute atomic E-state index is 13.1. The molecule has 0 unspecified atom stereocenters. The highest BCUT2D eigenvalue weighted by molar-refractivity contribution is 7.89. The van der Waals surface area contributed by atoms with Gasteiger partial charge in [0.25, 0.3) is 0 Å². The van der Waals surface area contributed by atoms with Gasteiger partial charge in [-0.2, -0.15) is 4.31 Å². The Balaban J connectivity index is 1.30. The van der Waals surface area contributed by atoms with E-state index >= 15 is 0 Å². The molecule has 1 fully saturated rings. The average Bonchev–Trinajstić information content (AvgIpc) is 3.27. The van der Waals surface area contributed by atoms with E-state index in [-0.39, 0.29) is 30.3 Å². The van der Waals surface area contributed by atoms with Gasteiger partial charge in [0, 0.05) is 44.6 Å². The van der Waals surface area contributed by atoms with Crippen LogP contribution in [0.15, 0.2) is 70.1 Å². The SMILES string of the molecule is O=C(CCc1ncc(-c2ccccc2)o1)N1CCN(S(=O)(=O)c2ccc(F)cc2)CC1. The van der Waals surface area contributed by atoms with Crippen LogP contribution in [0, 0.1) is 5.82 Å². The second kappa shape index (κ2) is 8.99. The van der Waals surface area contributed by atoms with Crippen LogP contribution in [0.1, 0.15) is 12.3 Å². The minimum atomic E-state index is -3.70. The first kappa shape index (κ1) is 21.2. The van der Waals surface area contributed by atoms with Crippen molar-refractivity contribution in [1.29, 1.82) is 0 Å². The number of aromatic nitrogens is 1. The lowest BCUT2D eigenvalue weighted by atomic mass is 10.2. The summed E-state index contributed by atoms with van der Waals surface area (Å²) in [6.07, 6.45) is 2.26. The third kappa shape index (κ3) is 4.83. The number of amides is 1. The maximum atomic E-state index is 13.1. The molecule has 2 heterocycles. The molecule has 0 spiro atoms. The summed E-state index contributed by atoms with van der Waals surface area (Å²) < 4.78 is 45.5. The highest BCUT2D eigenvalue weighted by atomic mass is 32.2. The Morgan fingerprint density at radius 3 is 2.35 bits per heavy atom. The van der Waals surface area contributed by atoms with Crippen LogP contribution < -0.4 is 0 Å². The van der Waals surface area contributed by atoms with Gasteiger partial charge in [-0.25, -0.2) is 17.8 Å². The maximum Gasteiger partial charge on any atom is 0.243 e. The highest BCUT2D eigenvalue weighted by Gasteiger charge is 2.30. The van der Waals surface area contributed by atoms with E-state index in [1.54, 1.807) is 11.1 Å². The van der Waals surface area contributed by atoms with E-state index in [0.29, 0.717) is 31.2 Å². The number of benzene rings is 2. The summed E-state index contributed by atoms with van der Waals surface area (Å²) in [5, 5.41) is 0.